The van der Waals surface area contributed by atoms with E-state index < -0.39 is 5.69 Å². The number of carbonyl (C=O) groups is 1. The summed E-state index contributed by atoms with van der Waals surface area (Å²) in [5.41, 5.74) is 0.174. The van der Waals surface area contributed by atoms with Crippen LogP contribution < -0.4 is 26.0 Å². The van der Waals surface area contributed by atoms with Crippen molar-refractivity contribution in [2.45, 2.75) is 33.2 Å². The Morgan fingerprint density at radius 1 is 1.07 bits per heavy atom. The van der Waals surface area contributed by atoms with Crippen LogP contribution in [0.2, 0.25) is 0 Å². The van der Waals surface area contributed by atoms with E-state index in [0.29, 0.717) is 47.7 Å². The number of hydrogen-bond donors (Lipinski definition) is 2. The molecule has 0 bridgehead atoms. The number of H-pyrrole nitrogens is 1. The summed E-state index contributed by atoms with van der Waals surface area (Å²) >= 11 is 0. The number of hydrogen-bond acceptors (Lipinski definition) is 5. The molecule has 0 aliphatic heterocycles. The normalized spacial score (nSPS) is 10.7. The molecule has 0 fully saturated rings. The molecule has 2 aromatic carbocycles. The second kappa shape index (κ2) is 9.78. The molecule has 8 heteroatoms. The number of anilines is 1. The Kier molecular flexibility index (Phi) is 6.90. The molecule has 0 aliphatic carbocycles. The van der Waals surface area contributed by atoms with E-state index in [1.807, 2.05) is 13.8 Å². The van der Waals surface area contributed by atoms with E-state index in [9.17, 15) is 14.4 Å². The minimum atomic E-state index is -0.484. The molecule has 1 amide bonds. The number of aromatic amines is 1. The Labute approximate surface area is 173 Å². The summed E-state index contributed by atoms with van der Waals surface area (Å²) in [5, 5.41) is 3.26. The number of nitrogens with zero attached hydrogens (tertiary/aromatic N) is 1. The first-order valence-electron chi connectivity index (χ1n) is 9.94. The molecule has 1 heterocycles. The Hall–Kier alpha value is -3.55. The van der Waals surface area contributed by atoms with E-state index in [4.69, 9.17) is 9.47 Å². The van der Waals surface area contributed by atoms with Gasteiger partial charge in [-0.25, -0.2) is 4.79 Å². The van der Waals surface area contributed by atoms with Crippen LogP contribution in [0.3, 0.4) is 0 Å². The smallest absolute Gasteiger partial charge is 0.328 e. The number of rotatable bonds is 9. The van der Waals surface area contributed by atoms with E-state index in [1.54, 1.807) is 42.5 Å². The molecule has 1 aromatic heterocycles. The zero-order valence-electron chi connectivity index (χ0n) is 17.1. The summed E-state index contributed by atoms with van der Waals surface area (Å²) in [5.74, 6) is 0.942. The van der Waals surface area contributed by atoms with Crippen molar-refractivity contribution in [3.8, 4) is 11.5 Å². The van der Waals surface area contributed by atoms with Gasteiger partial charge in [-0.15, -0.1) is 0 Å². The molecule has 30 heavy (non-hydrogen) atoms. The Balaban J connectivity index is 1.67. The third-order valence-electron chi connectivity index (χ3n) is 4.51. The van der Waals surface area contributed by atoms with Crippen molar-refractivity contribution in [3.63, 3.8) is 0 Å². The molecule has 0 unspecified atom stereocenters. The van der Waals surface area contributed by atoms with Crippen LogP contribution >= 0.6 is 0 Å². The molecule has 3 rings (SSSR count). The molecule has 8 nitrogen and oxygen atoms in total. The van der Waals surface area contributed by atoms with Gasteiger partial charge >= 0.3 is 5.69 Å². The molecule has 0 saturated carbocycles. The highest BCUT2D eigenvalue weighted by atomic mass is 16.5. The van der Waals surface area contributed by atoms with Crippen LogP contribution in [0.15, 0.2) is 52.1 Å². The number of fused-ring (bicyclic) bond motifs is 1. The summed E-state index contributed by atoms with van der Waals surface area (Å²) in [7, 11) is 0. The van der Waals surface area contributed by atoms with Gasteiger partial charge in [0.05, 0.1) is 29.8 Å². The van der Waals surface area contributed by atoms with Crippen LogP contribution in [0.5, 0.6) is 11.5 Å². The molecule has 2 N–H and O–H groups in total. The van der Waals surface area contributed by atoms with Crippen molar-refractivity contribution in [2.24, 2.45) is 0 Å². The first kappa shape index (κ1) is 21.2. The zero-order valence-corrected chi connectivity index (χ0v) is 17.1. The number of carbonyl (C=O) groups excluding carboxylic acids is 1. The van der Waals surface area contributed by atoms with E-state index >= 15 is 0 Å². The van der Waals surface area contributed by atoms with Crippen LogP contribution in [0, 0.1) is 0 Å². The molecule has 3 aromatic rings. The SMILES string of the molecule is CCOc1ccc(OCC)c(NC(=O)CCCn2c(=O)[nH]c3ccccc3c2=O)c1. The van der Waals surface area contributed by atoms with Crippen LogP contribution in [0.4, 0.5) is 5.69 Å². The van der Waals surface area contributed by atoms with E-state index in [-0.39, 0.29) is 24.4 Å². The van der Waals surface area contributed by atoms with Crippen LogP contribution in [-0.4, -0.2) is 28.7 Å². The first-order chi connectivity index (χ1) is 14.5. The first-order valence-corrected chi connectivity index (χ1v) is 9.94. The monoisotopic (exact) mass is 411 g/mol. The van der Waals surface area contributed by atoms with Crippen molar-refractivity contribution in [2.75, 3.05) is 18.5 Å². The van der Waals surface area contributed by atoms with Gasteiger partial charge < -0.3 is 19.8 Å². The number of nitrogens with one attached hydrogen (secondary N) is 2. The largest absolute Gasteiger partial charge is 0.494 e. The highest BCUT2D eigenvalue weighted by Crippen LogP contribution is 2.29. The van der Waals surface area contributed by atoms with Crippen molar-refractivity contribution < 1.29 is 14.3 Å². The third kappa shape index (κ3) is 4.89. The minimum absolute atomic E-state index is 0.142. The molecular weight excluding hydrogens is 386 g/mol. The van der Waals surface area contributed by atoms with Gasteiger partial charge in [0.2, 0.25) is 5.91 Å². The lowest BCUT2D eigenvalue weighted by atomic mass is 10.2. The maximum absolute atomic E-state index is 12.5. The molecular formula is C22H25N3O5. The van der Waals surface area contributed by atoms with Gasteiger partial charge in [0, 0.05) is 19.0 Å². The molecule has 0 aliphatic rings. The lowest BCUT2D eigenvalue weighted by Gasteiger charge is -2.13. The lowest BCUT2D eigenvalue weighted by molar-refractivity contribution is -0.116. The Bertz CT molecular complexity index is 1150. The van der Waals surface area contributed by atoms with Crippen molar-refractivity contribution in [3.05, 3.63) is 63.3 Å². The van der Waals surface area contributed by atoms with Gasteiger partial charge in [0.15, 0.2) is 0 Å². The molecule has 0 spiro atoms. The van der Waals surface area contributed by atoms with E-state index in [0.717, 1.165) is 4.57 Å². The fourth-order valence-electron chi connectivity index (χ4n) is 3.16. The van der Waals surface area contributed by atoms with Gasteiger partial charge in [-0.2, -0.15) is 0 Å². The maximum Gasteiger partial charge on any atom is 0.328 e. The second-order valence-corrected chi connectivity index (χ2v) is 6.61. The number of aromatic nitrogens is 2. The maximum atomic E-state index is 12.5. The van der Waals surface area contributed by atoms with Gasteiger partial charge in [-0.1, -0.05) is 12.1 Å². The minimum Gasteiger partial charge on any atom is -0.494 e. The molecule has 0 atom stereocenters. The third-order valence-corrected chi connectivity index (χ3v) is 4.51. The van der Waals surface area contributed by atoms with Gasteiger partial charge in [-0.3, -0.25) is 14.2 Å². The highest BCUT2D eigenvalue weighted by molar-refractivity contribution is 5.92. The fraction of sp³-hybridized carbons (Fsp3) is 0.318. The lowest BCUT2D eigenvalue weighted by Crippen LogP contribution is -2.35. The standard InChI is InChI=1S/C22H25N3O5/c1-3-29-15-11-12-19(30-4-2)18(14-15)23-20(26)10-7-13-25-21(27)16-8-5-6-9-17(16)24-22(25)28/h5-6,8-9,11-12,14H,3-4,7,10,13H2,1-2H3,(H,23,26)(H,24,28). The zero-order chi connectivity index (χ0) is 21.5. The number of ether oxygens (including phenoxy) is 2. The van der Waals surface area contributed by atoms with E-state index in [2.05, 4.69) is 10.3 Å². The van der Waals surface area contributed by atoms with E-state index in [1.165, 1.54) is 0 Å². The summed E-state index contributed by atoms with van der Waals surface area (Å²) in [6.45, 7) is 4.86. The van der Waals surface area contributed by atoms with Crippen LogP contribution in [0.25, 0.3) is 10.9 Å². The summed E-state index contributed by atoms with van der Waals surface area (Å²) < 4.78 is 12.2. The number of benzene rings is 2. The van der Waals surface area contributed by atoms with Crippen LogP contribution in [-0.2, 0) is 11.3 Å². The van der Waals surface area contributed by atoms with Crippen molar-refractivity contribution in [1.82, 2.24) is 9.55 Å². The predicted molar refractivity (Wildman–Crippen MR) is 115 cm³/mol. The summed E-state index contributed by atoms with van der Waals surface area (Å²) in [6, 6.07) is 12.1. The number of amides is 1. The second-order valence-electron chi connectivity index (χ2n) is 6.61. The van der Waals surface area contributed by atoms with Gasteiger partial charge in [0.1, 0.15) is 11.5 Å². The van der Waals surface area contributed by atoms with Crippen LogP contribution in [0.1, 0.15) is 26.7 Å². The predicted octanol–water partition coefficient (Wildman–Crippen LogP) is 2.91. The van der Waals surface area contributed by atoms with Crippen molar-refractivity contribution in [1.29, 1.82) is 0 Å². The molecule has 0 radical (unpaired) electrons. The highest BCUT2D eigenvalue weighted by Gasteiger charge is 2.11. The molecule has 0 saturated heterocycles. The Morgan fingerprint density at radius 2 is 1.83 bits per heavy atom. The quantitative estimate of drug-likeness (QED) is 0.564. The van der Waals surface area contributed by atoms with Gasteiger partial charge in [0.25, 0.3) is 5.56 Å². The fourth-order valence-corrected chi connectivity index (χ4v) is 3.16. The summed E-state index contributed by atoms with van der Waals surface area (Å²) in [6.07, 6.45) is 0.478. The average Bonchev–Trinajstić information content (AvgIpc) is 2.72. The van der Waals surface area contributed by atoms with Gasteiger partial charge in [-0.05, 0) is 44.5 Å². The number of para-hydroxylation sites is 1. The van der Waals surface area contributed by atoms with Crippen molar-refractivity contribution >= 4 is 22.5 Å². The average molecular weight is 411 g/mol. The Morgan fingerprint density at radius 3 is 2.60 bits per heavy atom. The topological polar surface area (TPSA) is 102 Å². The molecule has 158 valence electrons. The summed E-state index contributed by atoms with van der Waals surface area (Å²) in [4.78, 5) is 39.9.